The Morgan fingerprint density at radius 1 is 1.56 bits per heavy atom. The molecule has 0 spiro atoms. The van der Waals surface area contributed by atoms with Crippen molar-refractivity contribution in [2.45, 2.75) is 12.5 Å². The fourth-order valence-electron chi connectivity index (χ4n) is 1.56. The van der Waals surface area contributed by atoms with Crippen molar-refractivity contribution in [1.82, 2.24) is 0 Å². The van der Waals surface area contributed by atoms with E-state index in [1.807, 2.05) is 0 Å². The van der Waals surface area contributed by atoms with Crippen LogP contribution in [0.3, 0.4) is 0 Å². The third-order valence-corrected chi connectivity index (χ3v) is 2.35. The lowest BCUT2D eigenvalue weighted by Gasteiger charge is -2.13. The molecule has 1 aliphatic rings. The van der Waals surface area contributed by atoms with Crippen molar-refractivity contribution >= 4 is 5.97 Å². The van der Waals surface area contributed by atoms with Crippen LogP contribution in [0.15, 0.2) is 18.2 Å². The Bertz CT molecular complexity index is 399. The van der Waals surface area contributed by atoms with Crippen LogP contribution in [0.25, 0.3) is 0 Å². The molecule has 1 heterocycles. The van der Waals surface area contributed by atoms with E-state index >= 15 is 0 Å². The minimum absolute atomic E-state index is 0.149. The van der Waals surface area contributed by atoms with Crippen molar-refractivity contribution in [3.8, 4) is 5.75 Å². The van der Waals surface area contributed by atoms with E-state index in [1.54, 1.807) is 0 Å². The molecule has 1 atom stereocenters. The van der Waals surface area contributed by atoms with Gasteiger partial charge in [0.2, 0.25) is 0 Å². The Labute approximate surface area is 91.6 Å². The van der Waals surface area contributed by atoms with Gasteiger partial charge in [-0.2, -0.15) is 0 Å². The maximum absolute atomic E-state index is 12.9. The molecule has 86 valence electrons. The van der Waals surface area contributed by atoms with Gasteiger partial charge in [-0.3, -0.25) is 0 Å². The molecule has 1 fully saturated rings. The number of carbonyl (C=O) groups is 1. The largest absolute Gasteiger partial charge is 0.487 e. The van der Waals surface area contributed by atoms with E-state index in [4.69, 9.17) is 14.6 Å². The molecule has 2 rings (SSSR count). The molecule has 0 saturated carbocycles. The van der Waals surface area contributed by atoms with Crippen LogP contribution in [0.1, 0.15) is 16.8 Å². The molecule has 16 heavy (non-hydrogen) atoms. The number of ether oxygens (including phenoxy) is 2. The van der Waals surface area contributed by atoms with Gasteiger partial charge in [-0.1, -0.05) is 0 Å². The molecule has 1 aromatic carbocycles. The van der Waals surface area contributed by atoms with Crippen LogP contribution in [0.4, 0.5) is 4.39 Å². The molecule has 1 N–H and O–H groups in total. The van der Waals surface area contributed by atoms with Crippen LogP contribution < -0.4 is 4.74 Å². The van der Waals surface area contributed by atoms with E-state index in [0.29, 0.717) is 13.2 Å². The molecule has 0 radical (unpaired) electrons. The highest BCUT2D eigenvalue weighted by molar-refractivity contribution is 5.90. The summed E-state index contributed by atoms with van der Waals surface area (Å²) >= 11 is 0. The smallest absolute Gasteiger partial charge is 0.339 e. The predicted octanol–water partition coefficient (Wildman–Crippen LogP) is 1.69. The fourth-order valence-corrected chi connectivity index (χ4v) is 1.56. The van der Waals surface area contributed by atoms with Crippen LogP contribution in [0, 0.1) is 5.82 Å². The van der Waals surface area contributed by atoms with Gasteiger partial charge in [-0.25, -0.2) is 9.18 Å². The Hall–Kier alpha value is -1.62. The molecule has 1 unspecified atom stereocenters. The predicted molar refractivity (Wildman–Crippen MR) is 53.2 cm³/mol. The van der Waals surface area contributed by atoms with Gasteiger partial charge in [0.05, 0.1) is 13.2 Å². The standard InChI is InChI=1S/C11H11FO4/c12-7-1-2-10(9(5-7)11(13)14)16-8-3-4-15-6-8/h1-2,5,8H,3-4,6H2,(H,13,14). The van der Waals surface area contributed by atoms with E-state index in [9.17, 15) is 9.18 Å². The second-order valence-electron chi connectivity index (χ2n) is 3.55. The molecule has 1 saturated heterocycles. The van der Waals surface area contributed by atoms with Gasteiger partial charge in [-0.05, 0) is 18.2 Å². The van der Waals surface area contributed by atoms with Gasteiger partial charge in [0, 0.05) is 6.42 Å². The lowest BCUT2D eigenvalue weighted by Crippen LogP contribution is -2.17. The number of aromatic carboxylic acids is 1. The van der Waals surface area contributed by atoms with Gasteiger partial charge in [0.1, 0.15) is 23.2 Å². The average molecular weight is 226 g/mol. The van der Waals surface area contributed by atoms with Gasteiger partial charge in [0.15, 0.2) is 0 Å². The first-order valence-electron chi connectivity index (χ1n) is 4.94. The highest BCUT2D eigenvalue weighted by Crippen LogP contribution is 2.23. The van der Waals surface area contributed by atoms with Gasteiger partial charge < -0.3 is 14.6 Å². The highest BCUT2D eigenvalue weighted by atomic mass is 19.1. The minimum Gasteiger partial charge on any atom is -0.487 e. The van der Waals surface area contributed by atoms with Gasteiger partial charge >= 0.3 is 5.97 Å². The summed E-state index contributed by atoms with van der Waals surface area (Å²) in [5.74, 6) is -1.61. The monoisotopic (exact) mass is 226 g/mol. The summed E-state index contributed by atoms with van der Waals surface area (Å²) in [5.41, 5.74) is -0.160. The van der Waals surface area contributed by atoms with E-state index in [2.05, 4.69) is 0 Å². The van der Waals surface area contributed by atoms with Crippen LogP contribution in [0.5, 0.6) is 5.75 Å². The fraction of sp³-hybridized carbons (Fsp3) is 0.364. The Morgan fingerprint density at radius 2 is 2.38 bits per heavy atom. The maximum atomic E-state index is 12.9. The number of carboxylic acid groups (broad SMARTS) is 1. The van der Waals surface area contributed by atoms with Crippen molar-refractivity contribution in [3.63, 3.8) is 0 Å². The zero-order valence-corrected chi connectivity index (χ0v) is 8.48. The van der Waals surface area contributed by atoms with Crippen LogP contribution in [-0.2, 0) is 4.74 Å². The summed E-state index contributed by atoms with van der Waals surface area (Å²) in [6, 6.07) is 3.46. The summed E-state index contributed by atoms with van der Waals surface area (Å²) in [7, 11) is 0. The van der Waals surface area contributed by atoms with Crippen LogP contribution >= 0.6 is 0 Å². The normalized spacial score (nSPS) is 19.7. The molecule has 4 nitrogen and oxygen atoms in total. The first-order valence-corrected chi connectivity index (χ1v) is 4.94. The molecule has 0 amide bonds. The van der Waals surface area contributed by atoms with Crippen molar-refractivity contribution in [2.75, 3.05) is 13.2 Å². The van der Waals surface area contributed by atoms with Crippen molar-refractivity contribution in [2.24, 2.45) is 0 Å². The molecular formula is C11H11FO4. The Kier molecular flexibility index (Phi) is 3.05. The lowest BCUT2D eigenvalue weighted by atomic mass is 10.2. The second kappa shape index (κ2) is 4.49. The highest BCUT2D eigenvalue weighted by Gasteiger charge is 2.20. The van der Waals surface area contributed by atoms with Crippen molar-refractivity contribution < 1.29 is 23.8 Å². The molecule has 5 heteroatoms. The zero-order chi connectivity index (χ0) is 11.5. The molecule has 1 aromatic rings. The summed E-state index contributed by atoms with van der Waals surface area (Å²) in [5, 5.41) is 8.89. The second-order valence-corrected chi connectivity index (χ2v) is 3.55. The van der Waals surface area contributed by atoms with Crippen molar-refractivity contribution in [1.29, 1.82) is 0 Å². The van der Waals surface area contributed by atoms with Gasteiger partial charge in [0.25, 0.3) is 0 Å². The SMILES string of the molecule is O=C(O)c1cc(F)ccc1OC1CCOC1. The Morgan fingerprint density at radius 3 is 3.00 bits per heavy atom. The number of hydrogen-bond acceptors (Lipinski definition) is 3. The summed E-state index contributed by atoms with van der Waals surface area (Å²) in [6.07, 6.45) is 0.569. The van der Waals surface area contributed by atoms with Crippen LogP contribution in [-0.4, -0.2) is 30.4 Å². The molecule has 0 aliphatic carbocycles. The third-order valence-electron chi connectivity index (χ3n) is 2.35. The van der Waals surface area contributed by atoms with E-state index in [-0.39, 0.29) is 17.4 Å². The summed E-state index contributed by atoms with van der Waals surface area (Å²) in [6.45, 7) is 1.05. The number of hydrogen-bond donors (Lipinski definition) is 1. The van der Waals surface area contributed by atoms with E-state index in [0.717, 1.165) is 12.5 Å². The van der Waals surface area contributed by atoms with Crippen molar-refractivity contribution in [3.05, 3.63) is 29.6 Å². The third kappa shape index (κ3) is 2.30. The van der Waals surface area contributed by atoms with E-state index < -0.39 is 11.8 Å². The number of benzene rings is 1. The molecule has 0 bridgehead atoms. The average Bonchev–Trinajstić information content (AvgIpc) is 2.73. The number of halogens is 1. The molecule has 0 aromatic heterocycles. The maximum Gasteiger partial charge on any atom is 0.339 e. The quantitative estimate of drug-likeness (QED) is 0.852. The lowest BCUT2D eigenvalue weighted by molar-refractivity contribution is 0.0686. The molecular weight excluding hydrogens is 215 g/mol. The number of carboxylic acids is 1. The first-order chi connectivity index (χ1) is 7.66. The Balaban J connectivity index is 2.21. The molecule has 1 aliphatic heterocycles. The number of rotatable bonds is 3. The summed E-state index contributed by atoms with van der Waals surface area (Å²) in [4.78, 5) is 10.9. The zero-order valence-electron chi connectivity index (χ0n) is 8.48. The minimum atomic E-state index is -1.20. The van der Waals surface area contributed by atoms with Crippen LogP contribution in [0.2, 0.25) is 0 Å². The van der Waals surface area contributed by atoms with E-state index in [1.165, 1.54) is 12.1 Å². The topological polar surface area (TPSA) is 55.8 Å². The van der Waals surface area contributed by atoms with Gasteiger partial charge in [-0.15, -0.1) is 0 Å². The first kappa shape index (κ1) is 10.9. The summed E-state index contributed by atoms with van der Waals surface area (Å²) < 4.78 is 23.4.